The second kappa shape index (κ2) is 3.64. The molecule has 1 amide bonds. The minimum Gasteiger partial charge on any atom is -0.338 e. The Bertz CT molecular complexity index is 143. The zero-order valence-corrected chi connectivity index (χ0v) is 6.09. The maximum Gasteiger partial charge on any atom is 0.315 e. The summed E-state index contributed by atoms with van der Waals surface area (Å²) in [5.41, 5.74) is 0. The van der Waals surface area contributed by atoms with Crippen LogP contribution in [0, 0.1) is 6.42 Å². The monoisotopic (exact) mass is 162 g/mol. The second-order valence-corrected chi connectivity index (χ2v) is 2.49. The Morgan fingerprint density at radius 3 is 2.36 bits per heavy atom. The summed E-state index contributed by atoms with van der Waals surface area (Å²) in [6.07, 6.45) is 0.639. The van der Waals surface area contributed by atoms with Gasteiger partial charge in [-0.3, -0.25) is 4.79 Å². The van der Waals surface area contributed by atoms with Gasteiger partial charge in [0.1, 0.15) is 0 Å². The summed E-state index contributed by atoms with van der Waals surface area (Å²) in [6, 6.07) is 0. The number of carbonyl (C=O) groups is 1. The van der Waals surface area contributed by atoms with Gasteiger partial charge in [-0.15, -0.1) is 0 Å². The third kappa shape index (κ3) is 2.13. The van der Waals surface area contributed by atoms with Gasteiger partial charge in [0.05, 0.1) is 0 Å². The molecule has 1 aliphatic rings. The first-order chi connectivity index (χ1) is 5.22. The summed E-state index contributed by atoms with van der Waals surface area (Å²) in [7, 11) is 0. The van der Waals surface area contributed by atoms with Gasteiger partial charge in [-0.2, -0.15) is 8.78 Å². The Labute approximate surface area is 64.2 Å². The van der Waals surface area contributed by atoms with Crippen LogP contribution in [0.5, 0.6) is 0 Å². The first kappa shape index (κ1) is 8.43. The summed E-state index contributed by atoms with van der Waals surface area (Å²) in [5.74, 6) is -1.03. The molecule has 0 bridgehead atoms. The van der Waals surface area contributed by atoms with Crippen molar-refractivity contribution < 1.29 is 13.6 Å². The van der Waals surface area contributed by atoms with Crippen molar-refractivity contribution in [2.45, 2.75) is 19.3 Å². The fourth-order valence-electron chi connectivity index (χ4n) is 1.11. The normalized spacial score (nSPS) is 19.0. The lowest BCUT2D eigenvalue weighted by molar-refractivity contribution is -0.143. The van der Waals surface area contributed by atoms with Crippen molar-refractivity contribution >= 4 is 5.91 Å². The fraction of sp³-hybridized carbons (Fsp3) is 0.714. The van der Waals surface area contributed by atoms with E-state index in [-0.39, 0.29) is 0 Å². The number of alkyl halides is 2. The molecule has 0 aromatic heterocycles. The molecule has 63 valence electrons. The van der Waals surface area contributed by atoms with E-state index in [1.54, 1.807) is 0 Å². The highest BCUT2D eigenvalue weighted by Crippen LogP contribution is 2.10. The Hall–Kier alpha value is -0.670. The van der Waals surface area contributed by atoms with Crippen LogP contribution in [-0.4, -0.2) is 30.3 Å². The Kier molecular flexibility index (Phi) is 2.79. The molecule has 0 saturated carbocycles. The Balaban J connectivity index is 2.39. The summed E-state index contributed by atoms with van der Waals surface area (Å²) in [4.78, 5) is 11.9. The molecule has 1 rings (SSSR count). The van der Waals surface area contributed by atoms with Crippen molar-refractivity contribution in [1.82, 2.24) is 4.90 Å². The molecule has 2 nitrogen and oxygen atoms in total. The molecule has 1 heterocycles. The number of hydrogen-bond acceptors (Lipinski definition) is 1. The molecule has 1 radical (unpaired) electrons. The number of piperidine rings is 1. The molecule has 0 aromatic rings. The van der Waals surface area contributed by atoms with E-state index in [1.807, 2.05) is 6.42 Å². The Morgan fingerprint density at radius 1 is 1.36 bits per heavy atom. The molecule has 1 fully saturated rings. The number of hydrogen-bond donors (Lipinski definition) is 0. The average Bonchev–Trinajstić information content (AvgIpc) is 2.05. The van der Waals surface area contributed by atoms with Crippen molar-refractivity contribution in [3.8, 4) is 0 Å². The lowest BCUT2D eigenvalue weighted by Gasteiger charge is -2.25. The van der Waals surface area contributed by atoms with Gasteiger partial charge in [0.25, 0.3) is 5.91 Å². The summed E-state index contributed by atoms with van der Waals surface area (Å²) in [5, 5.41) is 0. The smallest absolute Gasteiger partial charge is 0.315 e. The van der Waals surface area contributed by atoms with Crippen LogP contribution in [0.2, 0.25) is 0 Å². The van der Waals surface area contributed by atoms with Crippen molar-refractivity contribution in [3.63, 3.8) is 0 Å². The maximum absolute atomic E-state index is 11.8. The van der Waals surface area contributed by atoms with Crippen molar-refractivity contribution in [3.05, 3.63) is 6.42 Å². The zero-order valence-electron chi connectivity index (χ0n) is 6.09. The standard InChI is InChI=1S/C7H10F2NO/c8-6(9)7(11)10-4-2-1-3-5-10/h1,6H,2-5H2. The molecule has 0 aliphatic carbocycles. The highest BCUT2D eigenvalue weighted by Gasteiger charge is 2.23. The Morgan fingerprint density at radius 2 is 1.91 bits per heavy atom. The van der Waals surface area contributed by atoms with Gasteiger partial charge in [0.15, 0.2) is 0 Å². The van der Waals surface area contributed by atoms with Crippen molar-refractivity contribution in [2.75, 3.05) is 13.1 Å². The number of nitrogens with zero attached hydrogens (tertiary/aromatic N) is 1. The van der Waals surface area contributed by atoms with E-state index >= 15 is 0 Å². The van der Waals surface area contributed by atoms with Crippen molar-refractivity contribution in [2.24, 2.45) is 0 Å². The van der Waals surface area contributed by atoms with Crippen LogP contribution < -0.4 is 0 Å². The topological polar surface area (TPSA) is 20.3 Å². The molecule has 0 spiro atoms. The predicted octanol–water partition coefficient (Wildman–Crippen LogP) is 1.08. The van der Waals surface area contributed by atoms with Crippen LogP contribution in [0.1, 0.15) is 12.8 Å². The van der Waals surface area contributed by atoms with Gasteiger partial charge >= 0.3 is 6.43 Å². The van der Waals surface area contributed by atoms with Crippen LogP contribution in [0.25, 0.3) is 0 Å². The van der Waals surface area contributed by atoms with Gasteiger partial charge in [-0.25, -0.2) is 0 Å². The predicted molar refractivity (Wildman–Crippen MR) is 36.1 cm³/mol. The molecule has 1 saturated heterocycles. The zero-order chi connectivity index (χ0) is 8.27. The molecule has 4 heteroatoms. The van der Waals surface area contributed by atoms with Crippen LogP contribution in [-0.2, 0) is 4.79 Å². The van der Waals surface area contributed by atoms with E-state index in [1.165, 1.54) is 4.90 Å². The quantitative estimate of drug-likeness (QED) is 0.565. The lowest BCUT2D eigenvalue weighted by atomic mass is 10.1. The fourth-order valence-corrected chi connectivity index (χ4v) is 1.11. The van der Waals surface area contributed by atoms with E-state index in [0.717, 1.165) is 12.8 Å². The third-order valence-electron chi connectivity index (χ3n) is 1.70. The van der Waals surface area contributed by atoms with Gasteiger partial charge in [0, 0.05) is 13.1 Å². The van der Waals surface area contributed by atoms with E-state index < -0.39 is 12.3 Å². The summed E-state index contributed by atoms with van der Waals surface area (Å²) >= 11 is 0. The summed E-state index contributed by atoms with van der Waals surface area (Å²) < 4.78 is 23.6. The molecular formula is C7H10F2NO. The molecule has 0 unspecified atom stereocenters. The van der Waals surface area contributed by atoms with Gasteiger partial charge in [0.2, 0.25) is 0 Å². The number of rotatable bonds is 1. The lowest BCUT2D eigenvalue weighted by Crippen LogP contribution is -2.39. The molecular weight excluding hydrogens is 152 g/mol. The number of amides is 1. The number of likely N-dealkylation sites (tertiary alicyclic amines) is 1. The first-order valence-electron chi connectivity index (χ1n) is 3.60. The highest BCUT2D eigenvalue weighted by molar-refractivity contribution is 5.79. The first-order valence-corrected chi connectivity index (χ1v) is 3.60. The van der Waals surface area contributed by atoms with Gasteiger partial charge in [-0.1, -0.05) is 0 Å². The largest absolute Gasteiger partial charge is 0.338 e. The minimum absolute atomic E-state index is 0.448. The van der Waals surface area contributed by atoms with E-state index in [2.05, 4.69) is 0 Å². The van der Waals surface area contributed by atoms with E-state index in [4.69, 9.17) is 0 Å². The van der Waals surface area contributed by atoms with Crippen LogP contribution >= 0.6 is 0 Å². The average molecular weight is 162 g/mol. The van der Waals surface area contributed by atoms with Gasteiger partial charge < -0.3 is 4.90 Å². The van der Waals surface area contributed by atoms with E-state index in [0.29, 0.717) is 13.1 Å². The van der Waals surface area contributed by atoms with Crippen LogP contribution in [0.3, 0.4) is 0 Å². The SMILES string of the molecule is O=C(C(F)F)N1CC[CH]CC1. The van der Waals surface area contributed by atoms with Crippen LogP contribution in [0.15, 0.2) is 0 Å². The molecule has 0 atom stereocenters. The molecule has 11 heavy (non-hydrogen) atoms. The number of halogens is 2. The maximum atomic E-state index is 11.8. The van der Waals surface area contributed by atoms with E-state index in [9.17, 15) is 13.6 Å². The minimum atomic E-state index is -2.84. The van der Waals surface area contributed by atoms with Crippen molar-refractivity contribution in [1.29, 1.82) is 0 Å². The van der Waals surface area contributed by atoms with Gasteiger partial charge in [-0.05, 0) is 19.3 Å². The number of carbonyl (C=O) groups excluding carboxylic acids is 1. The molecule has 0 N–H and O–H groups in total. The molecule has 1 aliphatic heterocycles. The third-order valence-corrected chi connectivity index (χ3v) is 1.70. The van der Waals surface area contributed by atoms with Crippen LogP contribution in [0.4, 0.5) is 8.78 Å². The second-order valence-electron chi connectivity index (χ2n) is 2.49. The highest BCUT2D eigenvalue weighted by atomic mass is 19.3. The summed E-state index contributed by atoms with van der Waals surface area (Å²) in [6.45, 7) is 0.895. The molecule has 0 aromatic carbocycles.